The van der Waals surface area contributed by atoms with Gasteiger partial charge in [0.25, 0.3) is 0 Å². The SMILES string of the molecule is Cc1cc(C)c(-c2ccc(C#N)cc2)c(C(C)(C)c2cc(C)cc(C)c2-c2ccc(C#N)cc2)c1. The van der Waals surface area contributed by atoms with E-state index >= 15 is 0 Å². The molecule has 4 rings (SSSR count). The van der Waals surface area contributed by atoms with Gasteiger partial charge in [-0.1, -0.05) is 73.5 Å². The van der Waals surface area contributed by atoms with Crippen molar-refractivity contribution in [2.24, 2.45) is 0 Å². The second-order valence-corrected chi connectivity index (χ2v) is 10.0. The molecule has 0 saturated heterocycles. The summed E-state index contributed by atoms with van der Waals surface area (Å²) in [6.07, 6.45) is 0. The summed E-state index contributed by atoms with van der Waals surface area (Å²) in [5.41, 5.74) is 13.1. The van der Waals surface area contributed by atoms with Crippen LogP contribution in [0, 0.1) is 50.4 Å². The van der Waals surface area contributed by atoms with Gasteiger partial charge in [-0.25, -0.2) is 0 Å². The van der Waals surface area contributed by atoms with Crippen molar-refractivity contribution in [1.82, 2.24) is 0 Å². The Morgan fingerprint density at radius 1 is 0.543 bits per heavy atom. The average Bonchev–Trinajstić information content (AvgIpc) is 2.83. The van der Waals surface area contributed by atoms with Crippen LogP contribution in [0.4, 0.5) is 0 Å². The molecule has 0 aromatic heterocycles. The van der Waals surface area contributed by atoms with Crippen LogP contribution in [-0.2, 0) is 5.41 Å². The molecule has 35 heavy (non-hydrogen) atoms. The zero-order valence-electron chi connectivity index (χ0n) is 21.3. The maximum absolute atomic E-state index is 9.28. The van der Waals surface area contributed by atoms with Crippen LogP contribution in [0.1, 0.15) is 58.4 Å². The first kappa shape index (κ1) is 24.0. The van der Waals surface area contributed by atoms with Crippen molar-refractivity contribution in [2.45, 2.75) is 47.0 Å². The van der Waals surface area contributed by atoms with E-state index < -0.39 is 0 Å². The largest absolute Gasteiger partial charge is 0.192 e. The third kappa shape index (κ3) is 4.49. The summed E-state index contributed by atoms with van der Waals surface area (Å²) in [6.45, 7) is 13.2. The smallest absolute Gasteiger partial charge is 0.0991 e. The summed E-state index contributed by atoms with van der Waals surface area (Å²) < 4.78 is 0. The molecule has 0 aliphatic carbocycles. The van der Waals surface area contributed by atoms with Crippen LogP contribution in [0.3, 0.4) is 0 Å². The molecule has 0 amide bonds. The van der Waals surface area contributed by atoms with Gasteiger partial charge in [0.1, 0.15) is 0 Å². The first-order chi connectivity index (χ1) is 16.6. The topological polar surface area (TPSA) is 47.6 Å². The van der Waals surface area contributed by atoms with Gasteiger partial charge in [0.2, 0.25) is 0 Å². The maximum Gasteiger partial charge on any atom is 0.0991 e. The van der Waals surface area contributed by atoms with Crippen molar-refractivity contribution in [1.29, 1.82) is 10.5 Å². The minimum atomic E-state index is -0.306. The lowest BCUT2D eigenvalue weighted by Crippen LogP contribution is -2.22. The molecule has 0 radical (unpaired) electrons. The summed E-state index contributed by atoms with van der Waals surface area (Å²) >= 11 is 0. The van der Waals surface area contributed by atoms with E-state index in [0.717, 1.165) is 11.1 Å². The zero-order valence-corrected chi connectivity index (χ0v) is 21.3. The summed E-state index contributed by atoms with van der Waals surface area (Å²) in [5.74, 6) is 0. The molecule has 0 bridgehead atoms. The van der Waals surface area contributed by atoms with E-state index in [2.05, 4.69) is 102 Å². The Hall–Kier alpha value is -4.14. The molecule has 0 atom stereocenters. The average molecular weight is 455 g/mol. The highest BCUT2D eigenvalue weighted by Gasteiger charge is 2.31. The van der Waals surface area contributed by atoms with Crippen molar-refractivity contribution in [3.05, 3.63) is 117 Å². The van der Waals surface area contributed by atoms with E-state index in [1.54, 1.807) is 0 Å². The highest BCUT2D eigenvalue weighted by molar-refractivity contribution is 5.79. The van der Waals surface area contributed by atoms with Crippen LogP contribution in [-0.4, -0.2) is 0 Å². The Labute approximate surface area is 209 Å². The highest BCUT2D eigenvalue weighted by Crippen LogP contribution is 2.45. The lowest BCUT2D eigenvalue weighted by Gasteiger charge is -2.33. The minimum Gasteiger partial charge on any atom is -0.192 e. The molecule has 0 saturated carbocycles. The summed E-state index contributed by atoms with van der Waals surface area (Å²) in [4.78, 5) is 0. The molecule has 4 aromatic carbocycles. The van der Waals surface area contributed by atoms with Crippen LogP contribution in [0.2, 0.25) is 0 Å². The molecule has 0 aliphatic heterocycles. The first-order valence-electron chi connectivity index (χ1n) is 11.9. The molecule has 0 spiro atoms. The fraction of sp³-hybridized carbons (Fsp3) is 0.212. The van der Waals surface area contributed by atoms with Crippen LogP contribution < -0.4 is 0 Å². The van der Waals surface area contributed by atoms with Gasteiger partial charge < -0.3 is 0 Å². The second kappa shape index (κ2) is 9.25. The van der Waals surface area contributed by atoms with Crippen molar-refractivity contribution < 1.29 is 0 Å². The van der Waals surface area contributed by atoms with Crippen molar-refractivity contribution in [3.8, 4) is 34.4 Å². The van der Waals surface area contributed by atoms with E-state index in [4.69, 9.17) is 0 Å². The molecule has 0 aliphatic rings. The van der Waals surface area contributed by atoms with Crippen LogP contribution in [0.25, 0.3) is 22.3 Å². The number of aryl methyl sites for hydroxylation is 4. The predicted molar refractivity (Wildman–Crippen MR) is 144 cm³/mol. The van der Waals surface area contributed by atoms with Gasteiger partial charge in [-0.15, -0.1) is 0 Å². The number of benzene rings is 4. The quantitative estimate of drug-likeness (QED) is 0.311. The Balaban J connectivity index is 2.00. The van der Waals surface area contributed by atoms with Gasteiger partial charge in [0.05, 0.1) is 23.3 Å². The van der Waals surface area contributed by atoms with Crippen LogP contribution >= 0.6 is 0 Å². The Kier molecular flexibility index (Phi) is 6.34. The molecule has 0 heterocycles. The third-order valence-electron chi connectivity index (χ3n) is 6.91. The molecule has 2 heteroatoms. The van der Waals surface area contributed by atoms with E-state index in [1.807, 2.05) is 24.3 Å². The Bertz CT molecular complexity index is 1370. The third-order valence-corrected chi connectivity index (χ3v) is 6.91. The lowest BCUT2D eigenvalue weighted by atomic mass is 9.70. The van der Waals surface area contributed by atoms with E-state index in [0.29, 0.717) is 11.1 Å². The number of nitriles is 2. The standard InChI is InChI=1S/C33H30N2/c1-21-15-23(3)31(27-11-7-25(19-34)8-12-27)29(17-21)33(5,6)30-18-22(2)16-24(4)32(30)28-13-9-26(20-35)10-14-28/h7-18H,1-6H3. The van der Waals surface area contributed by atoms with E-state index in [9.17, 15) is 10.5 Å². The fourth-order valence-electron chi connectivity index (χ4n) is 5.26. The summed E-state index contributed by atoms with van der Waals surface area (Å²) in [6, 6.07) is 29.3. The fourth-order valence-corrected chi connectivity index (χ4v) is 5.26. The van der Waals surface area contributed by atoms with Gasteiger partial charge in [-0.3, -0.25) is 0 Å². The first-order valence-corrected chi connectivity index (χ1v) is 11.9. The molecule has 0 fully saturated rings. The monoisotopic (exact) mass is 454 g/mol. The number of nitrogens with zero attached hydrogens (tertiary/aromatic N) is 2. The molecule has 4 aromatic rings. The normalized spacial score (nSPS) is 11.1. The summed E-state index contributed by atoms with van der Waals surface area (Å²) in [5, 5.41) is 18.6. The molecule has 2 nitrogen and oxygen atoms in total. The second-order valence-electron chi connectivity index (χ2n) is 10.0. The number of hydrogen-bond acceptors (Lipinski definition) is 2. The van der Waals surface area contributed by atoms with Crippen LogP contribution in [0.15, 0.2) is 72.8 Å². The van der Waals surface area contributed by atoms with Crippen molar-refractivity contribution in [2.75, 3.05) is 0 Å². The predicted octanol–water partition coefficient (Wildman–Crippen LogP) is 8.32. The maximum atomic E-state index is 9.28. The van der Waals surface area contributed by atoms with Gasteiger partial charge in [-0.05, 0) is 96.5 Å². The van der Waals surface area contributed by atoms with Crippen molar-refractivity contribution >= 4 is 0 Å². The molecule has 172 valence electrons. The molecule has 0 N–H and O–H groups in total. The lowest BCUT2D eigenvalue weighted by molar-refractivity contribution is 0.642. The van der Waals surface area contributed by atoms with Crippen LogP contribution in [0.5, 0.6) is 0 Å². The molecule has 0 unspecified atom stereocenters. The Morgan fingerprint density at radius 2 is 0.886 bits per heavy atom. The zero-order chi connectivity index (χ0) is 25.3. The van der Waals surface area contributed by atoms with Gasteiger partial charge >= 0.3 is 0 Å². The van der Waals surface area contributed by atoms with E-state index in [1.165, 1.54) is 44.5 Å². The molecular formula is C33H30N2. The minimum absolute atomic E-state index is 0.306. The van der Waals surface area contributed by atoms with Gasteiger partial charge in [-0.2, -0.15) is 10.5 Å². The molecular weight excluding hydrogens is 424 g/mol. The number of hydrogen-bond donors (Lipinski definition) is 0. The highest BCUT2D eigenvalue weighted by atomic mass is 14.3. The summed E-state index contributed by atoms with van der Waals surface area (Å²) in [7, 11) is 0. The Morgan fingerprint density at radius 3 is 1.20 bits per heavy atom. The van der Waals surface area contributed by atoms with Gasteiger partial charge in [0, 0.05) is 5.41 Å². The van der Waals surface area contributed by atoms with E-state index in [-0.39, 0.29) is 5.41 Å². The number of rotatable bonds is 4. The van der Waals surface area contributed by atoms with Crippen molar-refractivity contribution in [3.63, 3.8) is 0 Å². The van der Waals surface area contributed by atoms with Gasteiger partial charge in [0.15, 0.2) is 0 Å².